The lowest BCUT2D eigenvalue weighted by molar-refractivity contribution is -0.169. The van der Waals surface area contributed by atoms with Crippen LogP contribution < -0.4 is 0 Å². The lowest BCUT2D eigenvalue weighted by Crippen LogP contribution is -2.67. The smallest absolute Gasteiger partial charge is 0.410 e. The molecule has 1 heterocycles. The number of Topliss-reactive ketones (excluding diaryl/α,β-unsaturated/α-hetero) is 1. The van der Waals surface area contributed by atoms with Crippen molar-refractivity contribution in [3.63, 3.8) is 0 Å². The van der Waals surface area contributed by atoms with Crippen LogP contribution in [0.1, 0.15) is 103 Å². The first kappa shape index (κ1) is 31.5. The van der Waals surface area contributed by atoms with Gasteiger partial charge in [-0.1, -0.05) is 49.7 Å². The van der Waals surface area contributed by atoms with E-state index >= 15 is 4.39 Å². The van der Waals surface area contributed by atoms with E-state index in [2.05, 4.69) is 37.0 Å². The minimum absolute atomic E-state index is 0.0695. The molecule has 7 saturated carbocycles. The summed E-state index contributed by atoms with van der Waals surface area (Å²) in [6.07, 6.45) is 20.1. The van der Waals surface area contributed by atoms with Gasteiger partial charge in [-0.15, -0.1) is 0 Å². The summed E-state index contributed by atoms with van der Waals surface area (Å²) in [6, 6.07) is 4.62. The van der Waals surface area contributed by atoms with Crippen molar-refractivity contribution >= 4 is 23.5 Å². The Bertz CT molecular complexity index is 1670. The molecule has 10 aliphatic carbocycles. The van der Waals surface area contributed by atoms with E-state index in [1.165, 1.54) is 44.6 Å². The van der Waals surface area contributed by atoms with Crippen LogP contribution in [0, 0.1) is 62.5 Å². The zero-order chi connectivity index (χ0) is 33.8. The van der Waals surface area contributed by atoms with Gasteiger partial charge in [0.2, 0.25) is 0 Å². The maximum absolute atomic E-state index is 15.1. The van der Waals surface area contributed by atoms with Gasteiger partial charge in [-0.25, -0.2) is 9.18 Å². The number of carbonyl (C=O) groups is 2. The number of ether oxygens (including phenoxy) is 1. The Morgan fingerprint density at radius 3 is 2.35 bits per heavy atom. The number of hydrogen-bond acceptors (Lipinski definition) is 4. The molecule has 1 aromatic rings. The fourth-order valence-corrected chi connectivity index (χ4v) is 15.6. The second kappa shape index (κ2) is 10.0. The molecule has 0 unspecified atom stereocenters. The van der Waals surface area contributed by atoms with E-state index in [4.69, 9.17) is 16.3 Å². The predicted molar refractivity (Wildman–Crippen MR) is 185 cm³/mol. The fraction of sp³-hybridized carbons (Fsp3) is 0.714. The normalized spacial score (nSPS) is 49.9. The van der Waals surface area contributed by atoms with Crippen molar-refractivity contribution in [2.75, 3.05) is 13.1 Å². The van der Waals surface area contributed by atoms with Crippen LogP contribution in [-0.4, -0.2) is 46.7 Å². The molecule has 8 fully saturated rings. The average Bonchev–Trinajstić information content (AvgIpc) is 3.51. The van der Waals surface area contributed by atoms with Crippen molar-refractivity contribution in [2.45, 2.75) is 115 Å². The topological polar surface area (TPSA) is 66.8 Å². The van der Waals surface area contributed by atoms with Gasteiger partial charge < -0.3 is 14.7 Å². The average molecular weight is 688 g/mol. The number of fused-ring (bicyclic) bond motifs is 2. The van der Waals surface area contributed by atoms with E-state index in [-0.39, 0.29) is 57.0 Å². The maximum Gasteiger partial charge on any atom is 0.410 e. The van der Waals surface area contributed by atoms with E-state index in [1.807, 2.05) is 0 Å². The quantitative estimate of drug-likeness (QED) is 0.314. The monoisotopic (exact) mass is 687 g/mol. The Morgan fingerprint density at radius 1 is 0.959 bits per heavy atom. The second-order valence-electron chi connectivity index (χ2n) is 19.2. The van der Waals surface area contributed by atoms with Crippen molar-refractivity contribution in [3.8, 4) is 0 Å². The first-order chi connectivity index (χ1) is 23.3. The third-order valence-corrected chi connectivity index (χ3v) is 17.4. The first-order valence-corrected chi connectivity index (χ1v) is 19.8. The molecule has 12 rings (SSSR count). The molecule has 6 bridgehead atoms. The van der Waals surface area contributed by atoms with Gasteiger partial charge in [0.15, 0.2) is 5.78 Å². The van der Waals surface area contributed by atoms with Crippen molar-refractivity contribution < 1.29 is 23.8 Å². The molecule has 1 aromatic carbocycles. The predicted octanol–water partition coefficient (Wildman–Crippen LogP) is 8.86. The van der Waals surface area contributed by atoms with Crippen molar-refractivity contribution in [1.29, 1.82) is 0 Å². The zero-order valence-electron chi connectivity index (χ0n) is 29.1. The summed E-state index contributed by atoms with van der Waals surface area (Å²) in [6.45, 7) is 6.26. The SMILES string of the molecule is C[C@]12CC[C@H]3[C@@]4(C=C[C@@]5(C=C4C(=O)Cc4c(F)cccc4Cl)C[C@@H](O)CC[C@]35C)[C@@H]1CC[C@@]21CN(CC23CC4CC(CC(C4)C2)C3)C(=O)O1. The number of nitrogens with zero attached hydrogens (tertiary/aromatic N) is 1. The first-order valence-electron chi connectivity index (χ1n) is 19.4. The van der Waals surface area contributed by atoms with E-state index < -0.39 is 28.4 Å². The molecule has 49 heavy (non-hydrogen) atoms. The molecule has 262 valence electrons. The summed E-state index contributed by atoms with van der Waals surface area (Å²) in [5, 5.41) is 11.3. The van der Waals surface area contributed by atoms with Gasteiger partial charge in [0, 0.05) is 45.4 Å². The number of carbonyl (C=O) groups excluding carboxylic acids is 2. The highest BCUT2D eigenvalue weighted by atomic mass is 35.5. The molecular weight excluding hydrogens is 637 g/mol. The summed E-state index contributed by atoms with van der Waals surface area (Å²) in [5.74, 6) is 2.31. The van der Waals surface area contributed by atoms with Crippen LogP contribution in [0.3, 0.4) is 0 Å². The van der Waals surface area contributed by atoms with E-state index in [9.17, 15) is 14.7 Å². The second-order valence-corrected chi connectivity index (χ2v) is 19.6. The van der Waals surface area contributed by atoms with Crippen LogP contribution in [0.5, 0.6) is 0 Å². The van der Waals surface area contributed by atoms with Crippen LogP contribution in [0.25, 0.3) is 0 Å². The van der Waals surface area contributed by atoms with E-state index in [0.717, 1.165) is 68.4 Å². The molecule has 1 aliphatic heterocycles. The Kier molecular flexibility index (Phi) is 6.45. The summed E-state index contributed by atoms with van der Waals surface area (Å²) >= 11 is 6.50. The summed E-state index contributed by atoms with van der Waals surface area (Å²) in [7, 11) is 0. The Labute approximate surface area is 295 Å². The highest BCUT2D eigenvalue weighted by molar-refractivity contribution is 6.31. The third-order valence-electron chi connectivity index (χ3n) is 17.1. The molecule has 7 heteroatoms. The summed E-state index contributed by atoms with van der Waals surface area (Å²) < 4.78 is 21.9. The molecular formula is C42H51ClFNO4. The third kappa shape index (κ3) is 3.97. The number of rotatable bonds is 5. The standard InChI is InChI=1S/C42H51ClFNO4/c1-37-9-6-28(46)21-40(37)12-13-42(30(22-40)33(47)17-29-31(43)4-3-5-32(29)44)34(37)7-10-38(2)35(42)8-11-41(38)24-45(36(48)49-41)23-39-18-25-14-26(19-39)16-27(15-25)20-39/h3-5,12-13,22,25-28,34-35,46H,6-11,14-21,23-24H2,1-2H3/t25?,26?,27?,28-,34+,35+,37+,38-,39?,40-,41+,42-/m0/s1. The number of halogens is 2. The van der Waals surface area contributed by atoms with E-state index in [1.54, 1.807) is 12.1 Å². The molecule has 5 nitrogen and oxygen atoms in total. The van der Waals surface area contributed by atoms with E-state index in [0.29, 0.717) is 13.0 Å². The lowest BCUT2D eigenvalue weighted by atomic mass is 9.32. The fourth-order valence-electron chi connectivity index (χ4n) is 15.4. The molecule has 8 atom stereocenters. The zero-order valence-corrected chi connectivity index (χ0v) is 29.9. The number of hydrogen-bond donors (Lipinski definition) is 1. The molecule has 0 aromatic heterocycles. The molecule has 3 spiro atoms. The summed E-state index contributed by atoms with van der Waals surface area (Å²) in [5.41, 5.74) is -0.654. The van der Waals surface area contributed by atoms with Crippen LogP contribution in [0.15, 0.2) is 42.0 Å². The Balaban J connectivity index is 1.02. The molecule has 1 amide bonds. The van der Waals surface area contributed by atoms with Crippen LogP contribution in [0.2, 0.25) is 5.02 Å². The molecule has 11 aliphatic rings. The maximum atomic E-state index is 15.1. The number of aliphatic hydroxyl groups excluding tert-OH is 1. The van der Waals surface area contributed by atoms with Gasteiger partial charge in [0.25, 0.3) is 0 Å². The van der Waals surface area contributed by atoms with Crippen molar-refractivity contribution in [3.05, 3.63) is 58.4 Å². The molecule has 1 N–H and O–H groups in total. The van der Waals surface area contributed by atoms with Crippen LogP contribution in [-0.2, 0) is 16.0 Å². The van der Waals surface area contributed by atoms with Gasteiger partial charge >= 0.3 is 6.09 Å². The summed E-state index contributed by atoms with van der Waals surface area (Å²) in [4.78, 5) is 30.8. The molecule has 0 radical (unpaired) electrons. The minimum Gasteiger partial charge on any atom is -0.440 e. The largest absolute Gasteiger partial charge is 0.440 e. The van der Waals surface area contributed by atoms with Crippen molar-refractivity contribution in [1.82, 2.24) is 4.90 Å². The highest BCUT2D eigenvalue weighted by Gasteiger charge is 2.76. The van der Waals surface area contributed by atoms with Crippen LogP contribution >= 0.6 is 11.6 Å². The van der Waals surface area contributed by atoms with Gasteiger partial charge in [0.1, 0.15) is 11.4 Å². The van der Waals surface area contributed by atoms with Gasteiger partial charge in [-0.05, 0) is 136 Å². The number of amides is 1. The molecule has 1 saturated heterocycles. The number of ketones is 1. The van der Waals surface area contributed by atoms with Crippen LogP contribution in [0.4, 0.5) is 9.18 Å². The number of benzene rings is 1. The highest BCUT2D eigenvalue weighted by Crippen LogP contribution is 2.79. The van der Waals surface area contributed by atoms with Gasteiger partial charge in [-0.2, -0.15) is 0 Å². The van der Waals surface area contributed by atoms with Gasteiger partial charge in [-0.3, -0.25) is 4.79 Å². The van der Waals surface area contributed by atoms with Gasteiger partial charge in [0.05, 0.1) is 12.6 Å². The lowest BCUT2D eigenvalue weighted by Gasteiger charge is -2.71. The van der Waals surface area contributed by atoms with Crippen molar-refractivity contribution in [2.24, 2.45) is 56.7 Å². The number of allylic oxidation sites excluding steroid dienone is 4. The number of aliphatic hydroxyl groups is 1. The minimum atomic E-state index is -0.580. The Hall–Kier alpha value is -2.18. The Morgan fingerprint density at radius 2 is 1.63 bits per heavy atom.